The van der Waals surface area contributed by atoms with Gasteiger partial charge < -0.3 is 5.32 Å². The van der Waals surface area contributed by atoms with Crippen LogP contribution in [0, 0.1) is 5.92 Å². The molecule has 0 aliphatic heterocycles. The van der Waals surface area contributed by atoms with Crippen molar-refractivity contribution in [3.8, 4) is 0 Å². The standard InChI is InChI=1S/C22H31N5O2S/c1-5-6-9-14-26-20(29)17-10-7-8-11-18(17)27-21(26)24-25-22(27)30-16(4)19(28)23-13-12-15(2)3/h7-8,10-11,15-16H,5-6,9,12-14H2,1-4H3,(H,23,28). The molecular formula is C22H31N5O2S. The summed E-state index contributed by atoms with van der Waals surface area (Å²) in [4.78, 5) is 25.6. The highest BCUT2D eigenvalue weighted by Gasteiger charge is 2.21. The van der Waals surface area contributed by atoms with Gasteiger partial charge in [0.05, 0.1) is 16.2 Å². The predicted octanol–water partition coefficient (Wildman–Crippen LogP) is 3.88. The molecule has 0 spiro atoms. The van der Waals surface area contributed by atoms with Gasteiger partial charge in [-0.3, -0.25) is 18.6 Å². The molecule has 7 nitrogen and oxygen atoms in total. The average molecular weight is 430 g/mol. The summed E-state index contributed by atoms with van der Waals surface area (Å²) in [5.74, 6) is 1.06. The van der Waals surface area contributed by atoms with E-state index in [4.69, 9.17) is 0 Å². The fraction of sp³-hybridized carbons (Fsp3) is 0.545. The molecule has 3 aromatic rings. The number of nitrogens with zero attached hydrogens (tertiary/aromatic N) is 4. The Bertz CT molecular complexity index is 1070. The van der Waals surface area contributed by atoms with Crippen molar-refractivity contribution in [2.24, 2.45) is 5.92 Å². The highest BCUT2D eigenvalue weighted by molar-refractivity contribution is 8.00. The van der Waals surface area contributed by atoms with E-state index in [1.165, 1.54) is 11.8 Å². The predicted molar refractivity (Wildman–Crippen MR) is 122 cm³/mol. The summed E-state index contributed by atoms with van der Waals surface area (Å²) >= 11 is 1.37. The van der Waals surface area contributed by atoms with E-state index in [0.717, 1.165) is 31.2 Å². The van der Waals surface area contributed by atoms with Gasteiger partial charge in [-0.2, -0.15) is 0 Å². The lowest BCUT2D eigenvalue weighted by Gasteiger charge is -2.13. The van der Waals surface area contributed by atoms with Crippen molar-refractivity contribution < 1.29 is 4.79 Å². The summed E-state index contributed by atoms with van der Waals surface area (Å²) < 4.78 is 3.62. The third-order valence-corrected chi connectivity index (χ3v) is 6.18. The Labute approximate surface area is 181 Å². The van der Waals surface area contributed by atoms with Crippen LogP contribution in [-0.4, -0.2) is 36.9 Å². The number of hydrogen-bond donors (Lipinski definition) is 1. The summed E-state index contributed by atoms with van der Waals surface area (Å²) in [5.41, 5.74) is 0.724. The third kappa shape index (κ3) is 4.86. The Morgan fingerprint density at radius 3 is 2.67 bits per heavy atom. The second kappa shape index (κ2) is 10.1. The van der Waals surface area contributed by atoms with Crippen LogP contribution >= 0.6 is 11.8 Å². The lowest BCUT2D eigenvalue weighted by atomic mass is 10.1. The summed E-state index contributed by atoms with van der Waals surface area (Å²) in [5, 5.41) is 12.6. The molecule has 0 aliphatic carbocycles. The summed E-state index contributed by atoms with van der Waals surface area (Å²) in [7, 11) is 0. The zero-order chi connectivity index (χ0) is 21.7. The second-order valence-corrected chi connectivity index (χ2v) is 9.34. The van der Waals surface area contributed by atoms with Crippen LogP contribution in [0.1, 0.15) is 53.4 Å². The highest BCUT2D eigenvalue weighted by atomic mass is 32.2. The molecule has 162 valence electrons. The third-order valence-electron chi connectivity index (χ3n) is 5.14. The van der Waals surface area contributed by atoms with Crippen molar-refractivity contribution in [2.45, 2.75) is 70.3 Å². The molecule has 8 heteroatoms. The van der Waals surface area contributed by atoms with E-state index in [-0.39, 0.29) is 16.7 Å². The lowest BCUT2D eigenvalue weighted by Crippen LogP contribution is -2.32. The Morgan fingerprint density at radius 2 is 1.93 bits per heavy atom. The quantitative estimate of drug-likeness (QED) is 0.391. The van der Waals surface area contributed by atoms with E-state index in [1.807, 2.05) is 35.6 Å². The van der Waals surface area contributed by atoms with Gasteiger partial charge in [0, 0.05) is 13.1 Å². The van der Waals surface area contributed by atoms with E-state index in [9.17, 15) is 9.59 Å². The first-order chi connectivity index (χ1) is 14.4. The zero-order valence-corrected chi connectivity index (χ0v) is 19.0. The van der Waals surface area contributed by atoms with E-state index in [1.54, 1.807) is 4.57 Å². The maximum atomic E-state index is 13.1. The lowest BCUT2D eigenvalue weighted by molar-refractivity contribution is -0.120. The van der Waals surface area contributed by atoms with Gasteiger partial charge in [-0.05, 0) is 37.8 Å². The molecule has 1 aromatic carbocycles. The first-order valence-electron chi connectivity index (χ1n) is 10.7. The molecule has 0 bridgehead atoms. The van der Waals surface area contributed by atoms with E-state index in [0.29, 0.717) is 35.3 Å². The van der Waals surface area contributed by atoms with Crippen molar-refractivity contribution in [1.82, 2.24) is 24.5 Å². The van der Waals surface area contributed by atoms with Crippen LogP contribution in [0.5, 0.6) is 0 Å². The molecule has 2 aromatic heterocycles. The fourth-order valence-electron chi connectivity index (χ4n) is 3.37. The zero-order valence-electron chi connectivity index (χ0n) is 18.2. The summed E-state index contributed by atoms with van der Waals surface area (Å²) in [6, 6.07) is 7.51. The van der Waals surface area contributed by atoms with Crippen molar-refractivity contribution in [3.63, 3.8) is 0 Å². The van der Waals surface area contributed by atoms with E-state index < -0.39 is 0 Å². The molecule has 0 radical (unpaired) electrons. The molecule has 1 N–H and O–H groups in total. The number of aromatic nitrogens is 4. The van der Waals surface area contributed by atoms with Gasteiger partial charge in [-0.15, -0.1) is 10.2 Å². The molecule has 30 heavy (non-hydrogen) atoms. The largest absolute Gasteiger partial charge is 0.355 e. The molecule has 0 fully saturated rings. The first-order valence-corrected chi connectivity index (χ1v) is 11.6. The van der Waals surface area contributed by atoms with Crippen molar-refractivity contribution in [2.75, 3.05) is 6.54 Å². The fourth-order valence-corrected chi connectivity index (χ4v) is 4.25. The van der Waals surface area contributed by atoms with Crippen LogP contribution < -0.4 is 10.9 Å². The molecular weight excluding hydrogens is 398 g/mol. The van der Waals surface area contributed by atoms with Crippen molar-refractivity contribution in [3.05, 3.63) is 34.6 Å². The van der Waals surface area contributed by atoms with Crippen molar-refractivity contribution >= 4 is 34.3 Å². The molecule has 3 rings (SSSR count). The number of carbonyl (C=O) groups is 1. The minimum absolute atomic E-state index is 0.0158. The number of aryl methyl sites for hydroxylation is 1. The normalized spacial score (nSPS) is 12.7. The number of unbranched alkanes of at least 4 members (excludes halogenated alkanes) is 2. The van der Waals surface area contributed by atoms with Crippen LogP contribution in [0.3, 0.4) is 0 Å². The Balaban J connectivity index is 1.94. The number of benzene rings is 1. The van der Waals surface area contributed by atoms with Gasteiger partial charge in [0.15, 0.2) is 5.16 Å². The maximum absolute atomic E-state index is 13.1. The van der Waals surface area contributed by atoms with Gasteiger partial charge >= 0.3 is 0 Å². The number of thioether (sulfide) groups is 1. The molecule has 1 unspecified atom stereocenters. The number of para-hydroxylation sites is 1. The number of rotatable bonds is 10. The van der Waals surface area contributed by atoms with Gasteiger partial charge in [0.25, 0.3) is 5.56 Å². The summed E-state index contributed by atoms with van der Waals surface area (Å²) in [6.45, 7) is 9.56. The topological polar surface area (TPSA) is 81.3 Å². The van der Waals surface area contributed by atoms with Gasteiger partial charge in [-0.1, -0.05) is 57.5 Å². The van der Waals surface area contributed by atoms with Gasteiger partial charge in [0.2, 0.25) is 11.7 Å². The Morgan fingerprint density at radius 1 is 1.17 bits per heavy atom. The van der Waals surface area contributed by atoms with E-state index >= 15 is 0 Å². The Hall–Kier alpha value is -2.35. The minimum atomic E-state index is -0.316. The maximum Gasteiger partial charge on any atom is 0.262 e. The monoisotopic (exact) mass is 429 g/mol. The smallest absolute Gasteiger partial charge is 0.262 e. The van der Waals surface area contributed by atoms with Crippen LogP contribution in [-0.2, 0) is 11.3 Å². The van der Waals surface area contributed by atoms with Crippen LogP contribution in [0.25, 0.3) is 16.7 Å². The number of nitrogens with one attached hydrogen (secondary N) is 1. The SMILES string of the molecule is CCCCCn1c(=O)c2ccccc2n2c(SC(C)C(=O)NCCC(C)C)nnc12. The van der Waals surface area contributed by atoms with Crippen LogP contribution in [0.2, 0.25) is 0 Å². The molecule has 0 aliphatic rings. The number of hydrogen-bond acceptors (Lipinski definition) is 5. The van der Waals surface area contributed by atoms with E-state index in [2.05, 4.69) is 36.3 Å². The molecule has 0 saturated carbocycles. The van der Waals surface area contributed by atoms with Gasteiger partial charge in [-0.25, -0.2) is 0 Å². The second-order valence-electron chi connectivity index (χ2n) is 8.03. The Kier molecular flexibility index (Phi) is 7.53. The molecule has 1 amide bonds. The highest BCUT2D eigenvalue weighted by Crippen LogP contribution is 2.25. The molecule has 2 heterocycles. The van der Waals surface area contributed by atoms with Gasteiger partial charge in [0.1, 0.15) is 0 Å². The number of amides is 1. The molecule has 0 saturated heterocycles. The number of carbonyl (C=O) groups excluding carboxylic acids is 1. The molecule has 1 atom stereocenters. The minimum Gasteiger partial charge on any atom is -0.355 e. The average Bonchev–Trinajstić information content (AvgIpc) is 3.13. The number of fused-ring (bicyclic) bond motifs is 3. The van der Waals surface area contributed by atoms with Crippen molar-refractivity contribution in [1.29, 1.82) is 0 Å². The van der Waals surface area contributed by atoms with Crippen LogP contribution in [0.15, 0.2) is 34.2 Å². The first kappa shape index (κ1) is 22.3. The summed E-state index contributed by atoms with van der Waals surface area (Å²) in [6.07, 6.45) is 3.99. The van der Waals surface area contributed by atoms with Crippen LogP contribution in [0.4, 0.5) is 0 Å².